The van der Waals surface area contributed by atoms with Crippen LogP contribution in [-0.4, -0.2) is 12.1 Å². The molecule has 76 valence electrons. The van der Waals surface area contributed by atoms with Crippen LogP contribution in [0.15, 0.2) is 24.3 Å². The third-order valence-electron chi connectivity index (χ3n) is 2.89. The van der Waals surface area contributed by atoms with Gasteiger partial charge < -0.3 is 10.1 Å². The topological polar surface area (TPSA) is 21.3 Å². The molecule has 0 bridgehead atoms. The zero-order valence-corrected chi connectivity index (χ0v) is 8.84. The SMILES string of the molecule is CCC1(C)CNCc2ccccc2O1. The molecule has 1 aliphatic rings. The van der Waals surface area contributed by atoms with Crippen molar-refractivity contribution in [3.63, 3.8) is 0 Å². The molecule has 0 aliphatic carbocycles. The Labute approximate surface area is 85.3 Å². The van der Waals surface area contributed by atoms with Gasteiger partial charge in [0.1, 0.15) is 11.4 Å². The van der Waals surface area contributed by atoms with Crippen LogP contribution in [0.25, 0.3) is 0 Å². The lowest BCUT2D eigenvalue weighted by Crippen LogP contribution is -2.40. The van der Waals surface area contributed by atoms with E-state index >= 15 is 0 Å². The molecule has 1 N–H and O–H groups in total. The summed E-state index contributed by atoms with van der Waals surface area (Å²) < 4.78 is 6.03. The first-order chi connectivity index (χ1) is 6.73. The van der Waals surface area contributed by atoms with Gasteiger partial charge in [0.25, 0.3) is 0 Å². The summed E-state index contributed by atoms with van der Waals surface area (Å²) in [6.45, 7) is 6.14. The molecule has 14 heavy (non-hydrogen) atoms. The van der Waals surface area contributed by atoms with Gasteiger partial charge in [0.2, 0.25) is 0 Å². The second-order valence-corrected chi connectivity index (χ2v) is 4.12. The summed E-state index contributed by atoms with van der Waals surface area (Å²) >= 11 is 0. The van der Waals surface area contributed by atoms with Crippen LogP contribution in [0.4, 0.5) is 0 Å². The number of rotatable bonds is 1. The molecule has 2 heteroatoms. The molecular formula is C12H17NO. The van der Waals surface area contributed by atoms with Crippen LogP contribution < -0.4 is 10.1 Å². The minimum atomic E-state index is -0.0629. The highest BCUT2D eigenvalue weighted by atomic mass is 16.5. The van der Waals surface area contributed by atoms with E-state index in [0.29, 0.717) is 0 Å². The number of benzene rings is 1. The minimum absolute atomic E-state index is 0.0629. The Hall–Kier alpha value is -1.02. The maximum atomic E-state index is 6.03. The standard InChI is InChI=1S/C12H17NO/c1-3-12(2)9-13-8-10-6-4-5-7-11(10)14-12/h4-7,13H,3,8-9H2,1-2H3. The van der Waals surface area contributed by atoms with Gasteiger partial charge in [-0.1, -0.05) is 25.1 Å². The van der Waals surface area contributed by atoms with Crippen LogP contribution in [0.2, 0.25) is 0 Å². The van der Waals surface area contributed by atoms with Crippen molar-refractivity contribution in [2.24, 2.45) is 0 Å². The molecule has 0 saturated heterocycles. The molecule has 0 amide bonds. The monoisotopic (exact) mass is 191 g/mol. The van der Waals surface area contributed by atoms with E-state index in [2.05, 4.69) is 37.4 Å². The molecule has 1 aromatic carbocycles. The number of nitrogens with one attached hydrogen (secondary N) is 1. The Morgan fingerprint density at radius 2 is 2.21 bits per heavy atom. The number of hydrogen-bond donors (Lipinski definition) is 1. The second kappa shape index (κ2) is 3.62. The van der Waals surface area contributed by atoms with Crippen LogP contribution >= 0.6 is 0 Å². The van der Waals surface area contributed by atoms with E-state index in [-0.39, 0.29) is 5.60 Å². The van der Waals surface area contributed by atoms with Crippen LogP contribution in [0, 0.1) is 0 Å². The smallest absolute Gasteiger partial charge is 0.124 e. The summed E-state index contributed by atoms with van der Waals surface area (Å²) in [5.74, 6) is 1.03. The maximum Gasteiger partial charge on any atom is 0.124 e. The molecule has 2 nitrogen and oxygen atoms in total. The third kappa shape index (κ3) is 1.75. The second-order valence-electron chi connectivity index (χ2n) is 4.12. The van der Waals surface area contributed by atoms with Crippen molar-refractivity contribution in [2.45, 2.75) is 32.4 Å². The zero-order valence-electron chi connectivity index (χ0n) is 8.84. The van der Waals surface area contributed by atoms with E-state index < -0.39 is 0 Å². The maximum absolute atomic E-state index is 6.03. The minimum Gasteiger partial charge on any atom is -0.486 e. The van der Waals surface area contributed by atoms with E-state index in [1.165, 1.54) is 5.56 Å². The van der Waals surface area contributed by atoms with E-state index in [1.54, 1.807) is 0 Å². The van der Waals surface area contributed by atoms with Gasteiger partial charge in [0.05, 0.1) is 0 Å². The lowest BCUT2D eigenvalue weighted by Gasteiger charge is -2.27. The zero-order chi connectivity index (χ0) is 10.0. The first-order valence-corrected chi connectivity index (χ1v) is 5.21. The van der Waals surface area contributed by atoms with Crippen LogP contribution in [0.5, 0.6) is 5.75 Å². The number of ether oxygens (including phenoxy) is 1. The molecule has 1 unspecified atom stereocenters. The highest BCUT2D eigenvalue weighted by Crippen LogP contribution is 2.27. The van der Waals surface area contributed by atoms with Gasteiger partial charge in [-0.05, 0) is 19.4 Å². The summed E-state index contributed by atoms with van der Waals surface area (Å²) in [6.07, 6.45) is 1.02. The molecule has 0 spiro atoms. The van der Waals surface area contributed by atoms with E-state index in [0.717, 1.165) is 25.3 Å². The highest BCUT2D eigenvalue weighted by Gasteiger charge is 2.27. The molecule has 2 rings (SSSR count). The Balaban J connectivity index is 2.31. The Kier molecular flexibility index (Phi) is 2.46. The quantitative estimate of drug-likeness (QED) is 0.735. The van der Waals surface area contributed by atoms with Gasteiger partial charge in [-0.25, -0.2) is 0 Å². The lowest BCUT2D eigenvalue weighted by molar-refractivity contribution is 0.0899. The fourth-order valence-corrected chi connectivity index (χ4v) is 1.71. The predicted octanol–water partition coefficient (Wildman–Crippen LogP) is 2.34. The van der Waals surface area contributed by atoms with Gasteiger partial charge in [0, 0.05) is 18.7 Å². The van der Waals surface area contributed by atoms with Crippen molar-refractivity contribution in [3.8, 4) is 5.75 Å². The average Bonchev–Trinajstić information content (AvgIpc) is 2.37. The van der Waals surface area contributed by atoms with Gasteiger partial charge in [0.15, 0.2) is 0 Å². The molecule has 1 heterocycles. The van der Waals surface area contributed by atoms with Crippen LogP contribution in [0.1, 0.15) is 25.8 Å². The summed E-state index contributed by atoms with van der Waals surface area (Å²) in [5.41, 5.74) is 1.19. The summed E-state index contributed by atoms with van der Waals surface area (Å²) in [6, 6.07) is 8.25. The first-order valence-electron chi connectivity index (χ1n) is 5.21. The molecule has 0 saturated carbocycles. The Bertz CT molecular complexity index is 324. The van der Waals surface area contributed by atoms with E-state index in [1.807, 2.05) is 6.07 Å². The summed E-state index contributed by atoms with van der Waals surface area (Å²) in [7, 11) is 0. The third-order valence-corrected chi connectivity index (χ3v) is 2.89. The molecule has 1 aliphatic heterocycles. The van der Waals surface area contributed by atoms with Crippen molar-refractivity contribution >= 4 is 0 Å². The number of para-hydroxylation sites is 1. The normalized spacial score (nSPS) is 26.1. The largest absolute Gasteiger partial charge is 0.486 e. The molecule has 1 aromatic rings. The molecule has 0 radical (unpaired) electrons. The van der Waals surface area contributed by atoms with Gasteiger partial charge >= 0.3 is 0 Å². The Morgan fingerprint density at radius 3 is 3.00 bits per heavy atom. The van der Waals surface area contributed by atoms with Crippen molar-refractivity contribution in [1.29, 1.82) is 0 Å². The van der Waals surface area contributed by atoms with E-state index in [4.69, 9.17) is 4.74 Å². The van der Waals surface area contributed by atoms with Crippen LogP contribution in [-0.2, 0) is 6.54 Å². The molecule has 0 fully saturated rings. The van der Waals surface area contributed by atoms with Crippen molar-refractivity contribution in [3.05, 3.63) is 29.8 Å². The first kappa shape index (κ1) is 9.53. The average molecular weight is 191 g/mol. The fraction of sp³-hybridized carbons (Fsp3) is 0.500. The number of fused-ring (bicyclic) bond motifs is 1. The highest BCUT2D eigenvalue weighted by molar-refractivity contribution is 5.34. The number of hydrogen-bond acceptors (Lipinski definition) is 2. The molecule has 1 atom stereocenters. The van der Waals surface area contributed by atoms with Gasteiger partial charge in [-0.15, -0.1) is 0 Å². The van der Waals surface area contributed by atoms with Crippen molar-refractivity contribution < 1.29 is 4.74 Å². The van der Waals surface area contributed by atoms with Gasteiger partial charge in [-0.2, -0.15) is 0 Å². The summed E-state index contributed by atoms with van der Waals surface area (Å²) in [5, 5.41) is 3.42. The lowest BCUT2D eigenvalue weighted by atomic mass is 10.0. The summed E-state index contributed by atoms with van der Waals surface area (Å²) in [4.78, 5) is 0. The van der Waals surface area contributed by atoms with Gasteiger partial charge in [-0.3, -0.25) is 0 Å². The molecular weight excluding hydrogens is 174 g/mol. The van der Waals surface area contributed by atoms with Crippen molar-refractivity contribution in [2.75, 3.05) is 6.54 Å². The molecule has 0 aromatic heterocycles. The van der Waals surface area contributed by atoms with E-state index in [9.17, 15) is 0 Å². The fourth-order valence-electron chi connectivity index (χ4n) is 1.71. The Morgan fingerprint density at radius 1 is 1.43 bits per heavy atom. The van der Waals surface area contributed by atoms with Crippen molar-refractivity contribution in [1.82, 2.24) is 5.32 Å². The predicted molar refractivity (Wildman–Crippen MR) is 57.5 cm³/mol. The van der Waals surface area contributed by atoms with Crippen LogP contribution in [0.3, 0.4) is 0 Å².